The zero-order chi connectivity index (χ0) is 9.35. The van der Waals surface area contributed by atoms with Gasteiger partial charge in [-0.25, -0.2) is 0 Å². The second-order valence-electron chi connectivity index (χ2n) is 2.29. The first kappa shape index (κ1) is 10.4. The topological polar surface area (TPSA) is 12.9 Å². The zero-order valence-corrected chi connectivity index (χ0v) is 9.14. The molecule has 0 radical (unpaired) electrons. The van der Waals surface area contributed by atoms with E-state index in [1.807, 2.05) is 0 Å². The fourth-order valence-corrected chi connectivity index (χ4v) is 1.14. The molecule has 0 unspecified atom stereocenters. The van der Waals surface area contributed by atoms with Crippen molar-refractivity contribution in [1.29, 1.82) is 0 Å². The lowest BCUT2D eigenvalue weighted by molar-refractivity contribution is 1.12. The molecule has 12 heavy (non-hydrogen) atoms. The van der Waals surface area contributed by atoms with Gasteiger partial charge in [0, 0.05) is 11.8 Å². The van der Waals surface area contributed by atoms with Gasteiger partial charge in [-0.05, 0) is 13.0 Å². The Morgan fingerprint density at radius 3 is 2.33 bits per heavy atom. The van der Waals surface area contributed by atoms with Crippen molar-refractivity contribution in [1.82, 2.24) is 4.98 Å². The Hall–Kier alpha value is 0.310. The highest BCUT2D eigenvalue weighted by molar-refractivity contribution is 6.66. The SMILES string of the molecule is Cc1ncc(C(Cl)(Cl)Cl)cc1Cl. The average Bonchev–Trinajstić information content (AvgIpc) is 1.92. The lowest BCUT2D eigenvalue weighted by atomic mass is 10.3. The van der Waals surface area contributed by atoms with E-state index in [4.69, 9.17) is 46.4 Å². The van der Waals surface area contributed by atoms with Crippen molar-refractivity contribution < 1.29 is 0 Å². The highest BCUT2D eigenvalue weighted by Gasteiger charge is 2.23. The van der Waals surface area contributed by atoms with Crippen LogP contribution in [0, 0.1) is 6.92 Å². The molecular weight excluding hydrogens is 240 g/mol. The number of aryl methyl sites for hydroxylation is 1. The van der Waals surface area contributed by atoms with Gasteiger partial charge in [0.2, 0.25) is 3.79 Å². The number of aromatic nitrogens is 1. The molecule has 0 spiro atoms. The summed E-state index contributed by atoms with van der Waals surface area (Å²) >= 11 is 22.6. The van der Waals surface area contributed by atoms with Crippen LogP contribution in [0.5, 0.6) is 0 Å². The van der Waals surface area contributed by atoms with E-state index in [1.54, 1.807) is 13.0 Å². The molecule has 0 aliphatic rings. The number of hydrogen-bond donors (Lipinski definition) is 0. The van der Waals surface area contributed by atoms with Crippen LogP contribution in [0.2, 0.25) is 5.02 Å². The van der Waals surface area contributed by atoms with E-state index in [9.17, 15) is 0 Å². The van der Waals surface area contributed by atoms with E-state index >= 15 is 0 Å². The van der Waals surface area contributed by atoms with Crippen molar-refractivity contribution in [2.45, 2.75) is 10.7 Å². The van der Waals surface area contributed by atoms with Crippen molar-refractivity contribution in [3.05, 3.63) is 28.5 Å². The maximum Gasteiger partial charge on any atom is 0.217 e. The van der Waals surface area contributed by atoms with Crippen LogP contribution < -0.4 is 0 Å². The monoisotopic (exact) mass is 243 g/mol. The van der Waals surface area contributed by atoms with Gasteiger partial charge in [-0.1, -0.05) is 46.4 Å². The lowest BCUT2D eigenvalue weighted by Crippen LogP contribution is -2.01. The number of rotatable bonds is 0. The van der Waals surface area contributed by atoms with Crippen molar-refractivity contribution in [3.8, 4) is 0 Å². The molecule has 0 aliphatic carbocycles. The molecule has 0 N–H and O–H groups in total. The standard InChI is InChI=1S/C7H5Cl4N/c1-4-6(8)2-5(3-12-4)7(9,10)11/h2-3H,1H3. The third-order valence-corrected chi connectivity index (χ3v) is 2.39. The van der Waals surface area contributed by atoms with E-state index in [-0.39, 0.29) is 0 Å². The number of hydrogen-bond acceptors (Lipinski definition) is 1. The Morgan fingerprint density at radius 1 is 1.33 bits per heavy atom. The maximum atomic E-state index is 5.78. The molecule has 0 amide bonds. The van der Waals surface area contributed by atoms with E-state index in [1.165, 1.54) is 6.20 Å². The zero-order valence-electron chi connectivity index (χ0n) is 6.11. The number of nitrogens with zero attached hydrogens (tertiary/aromatic N) is 1. The van der Waals surface area contributed by atoms with E-state index in [0.29, 0.717) is 10.6 Å². The average molecular weight is 245 g/mol. The largest absolute Gasteiger partial charge is 0.260 e. The van der Waals surface area contributed by atoms with Crippen molar-refractivity contribution in [2.75, 3.05) is 0 Å². The van der Waals surface area contributed by atoms with Crippen LogP contribution in [0.4, 0.5) is 0 Å². The van der Waals surface area contributed by atoms with Gasteiger partial charge in [0.1, 0.15) is 0 Å². The molecule has 0 saturated heterocycles. The fraction of sp³-hybridized carbons (Fsp3) is 0.286. The van der Waals surface area contributed by atoms with Gasteiger partial charge in [0.15, 0.2) is 0 Å². The summed E-state index contributed by atoms with van der Waals surface area (Å²) in [4.78, 5) is 3.96. The summed E-state index contributed by atoms with van der Waals surface area (Å²) in [6.07, 6.45) is 1.49. The summed E-state index contributed by atoms with van der Waals surface area (Å²) in [7, 11) is 0. The Morgan fingerprint density at radius 2 is 1.92 bits per heavy atom. The first-order chi connectivity index (χ1) is 5.41. The normalized spacial score (nSPS) is 11.8. The number of halogens is 4. The van der Waals surface area contributed by atoms with Gasteiger partial charge in [-0.15, -0.1) is 0 Å². The summed E-state index contributed by atoms with van der Waals surface area (Å²) in [6.45, 7) is 1.78. The van der Waals surface area contributed by atoms with Crippen LogP contribution >= 0.6 is 46.4 Å². The lowest BCUT2D eigenvalue weighted by Gasteiger charge is -2.10. The molecule has 0 atom stereocenters. The summed E-state index contributed by atoms with van der Waals surface area (Å²) in [5, 5.41) is 0.499. The summed E-state index contributed by atoms with van der Waals surface area (Å²) in [5.74, 6) is 0. The van der Waals surface area contributed by atoms with Gasteiger partial charge in [-0.3, -0.25) is 4.98 Å². The predicted octanol–water partition coefficient (Wildman–Crippen LogP) is 3.87. The Bertz CT molecular complexity index is 292. The molecule has 0 saturated carbocycles. The van der Waals surface area contributed by atoms with Gasteiger partial charge in [0.25, 0.3) is 0 Å². The predicted molar refractivity (Wildman–Crippen MR) is 53.2 cm³/mol. The van der Waals surface area contributed by atoms with Crippen LogP contribution in [0.1, 0.15) is 11.3 Å². The first-order valence-corrected chi connectivity index (χ1v) is 4.62. The molecule has 1 heterocycles. The van der Waals surface area contributed by atoms with Gasteiger partial charge in [-0.2, -0.15) is 0 Å². The Balaban J connectivity index is 3.14. The maximum absolute atomic E-state index is 5.78. The van der Waals surface area contributed by atoms with E-state index < -0.39 is 3.79 Å². The van der Waals surface area contributed by atoms with Crippen LogP contribution in [0.25, 0.3) is 0 Å². The molecule has 5 heteroatoms. The van der Waals surface area contributed by atoms with Crippen LogP contribution in [-0.4, -0.2) is 4.98 Å². The van der Waals surface area contributed by atoms with Gasteiger partial charge >= 0.3 is 0 Å². The highest BCUT2D eigenvalue weighted by Crippen LogP contribution is 2.38. The summed E-state index contributed by atoms with van der Waals surface area (Å²) < 4.78 is -1.45. The third-order valence-electron chi connectivity index (χ3n) is 1.35. The second kappa shape index (κ2) is 3.59. The molecule has 1 rings (SSSR count). The molecule has 1 nitrogen and oxygen atoms in total. The van der Waals surface area contributed by atoms with Crippen molar-refractivity contribution in [2.24, 2.45) is 0 Å². The minimum atomic E-state index is -1.45. The number of alkyl halides is 3. The second-order valence-corrected chi connectivity index (χ2v) is 4.98. The van der Waals surface area contributed by atoms with Crippen LogP contribution in [-0.2, 0) is 3.79 Å². The molecule has 1 aromatic rings. The summed E-state index contributed by atoms with van der Waals surface area (Å²) in [6, 6.07) is 1.59. The molecule has 0 aliphatic heterocycles. The van der Waals surface area contributed by atoms with Crippen molar-refractivity contribution in [3.63, 3.8) is 0 Å². The molecule has 66 valence electrons. The molecule has 0 bridgehead atoms. The quantitative estimate of drug-likeness (QED) is 0.632. The van der Waals surface area contributed by atoms with Crippen molar-refractivity contribution >= 4 is 46.4 Å². The Kier molecular flexibility index (Phi) is 3.11. The van der Waals surface area contributed by atoms with Crippen LogP contribution in [0.3, 0.4) is 0 Å². The van der Waals surface area contributed by atoms with Gasteiger partial charge < -0.3 is 0 Å². The molecule has 0 fully saturated rings. The summed E-state index contributed by atoms with van der Waals surface area (Å²) in [5.41, 5.74) is 1.19. The molecule has 1 aromatic heterocycles. The molecular formula is C7H5Cl4N. The van der Waals surface area contributed by atoms with Crippen LogP contribution in [0.15, 0.2) is 12.3 Å². The first-order valence-electron chi connectivity index (χ1n) is 3.10. The minimum absolute atomic E-state index is 0.475. The highest BCUT2D eigenvalue weighted by atomic mass is 35.6. The minimum Gasteiger partial charge on any atom is -0.260 e. The molecule has 0 aromatic carbocycles. The smallest absolute Gasteiger partial charge is 0.217 e. The van der Waals surface area contributed by atoms with E-state index in [2.05, 4.69) is 4.98 Å². The van der Waals surface area contributed by atoms with Gasteiger partial charge in [0.05, 0.1) is 10.7 Å². The number of pyridine rings is 1. The fourth-order valence-electron chi connectivity index (χ4n) is 0.661. The Labute approximate surface area is 90.6 Å². The van der Waals surface area contributed by atoms with E-state index in [0.717, 1.165) is 5.69 Å². The third kappa shape index (κ3) is 2.40.